The summed E-state index contributed by atoms with van der Waals surface area (Å²) in [5.74, 6) is 0.949. The second-order valence-corrected chi connectivity index (χ2v) is 9.98. The Morgan fingerprint density at radius 3 is 2.57 bits per heavy atom. The third-order valence-corrected chi connectivity index (χ3v) is 5.98. The maximum Gasteiger partial charge on any atom is 0.408 e. The summed E-state index contributed by atoms with van der Waals surface area (Å²) < 4.78 is 10.7. The van der Waals surface area contributed by atoms with Crippen molar-refractivity contribution >= 4 is 28.9 Å². The molecule has 1 saturated carbocycles. The molecule has 1 aromatic carbocycles. The van der Waals surface area contributed by atoms with Gasteiger partial charge in [-0.25, -0.2) is 14.8 Å². The first-order chi connectivity index (χ1) is 16.6. The van der Waals surface area contributed by atoms with Gasteiger partial charge in [-0.3, -0.25) is 4.79 Å². The number of H-pyrrole nitrogens is 1. The molecule has 0 unspecified atom stereocenters. The monoisotopic (exact) mass is 479 g/mol. The SMILES string of the molecule is Cc1[nH]c2nc(-c3ccccc3)nc(N[C@H]3CC[C@@H](OC(=O)CNC(=O)OC(C)(C)C)C3)c2c1C. The molecule has 35 heavy (non-hydrogen) atoms. The summed E-state index contributed by atoms with van der Waals surface area (Å²) in [7, 11) is 0. The first-order valence-corrected chi connectivity index (χ1v) is 11.9. The molecule has 2 heterocycles. The van der Waals surface area contributed by atoms with Gasteiger partial charge >= 0.3 is 12.1 Å². The summed E-state index contributed by atoms with van der Waals surface area (Å²) in [6, 6.07) is 9.98. The molecule has 1 aliphatic rings. The minimum absolute atomic E-state index is 0.0999. The number of hydrogen-bond donors (Lipinski definition) is 3. The molecule has 9 heteroatoms. The fraction of sp³-hybridized carbons (Fsp3) is 0.462. The summed E-state index contributed by atoms with van der Waals surface area (Å²) in [5.41, 5.74) is 3.28. The predicted octanol–water partition coefficient (Wildman–Crippen LogP) is 4.64. The fourth-order valence-electron chi connectivity index (χ4n) is 4.24. The number of carbonyl (C=O) groups is 2. The normalized spacial score (nSPS) is 17.9. The number of rotatable bonds is 6. The second kappa shape index (κ2) is 9.93. The van der Waals surface area contributed by atoms with Gasteiger partial charge in [0.1, 0.15) is 29.7 Å². The predicted molar refractivity (Wildman–Crippen MR) is 134 cm³/mol. The number of benzene rings is 1. The summed E-state index contributed by atoms with van der Waals surface area (Å²) in [4.78, 5) is 37.0. The number of aromatic nitrogens is 3. The van der Waals surface area contributed by atoms with E-state index >= 15 is 0 Å². The van der Waals surface area contributed by atoms with Gasteiger partial charge in [-0.1, -0.05) is 30.3 Å². The van der Waals surface area contributed by atoms with Crippen molar-refractivity contribution in [2.24, 2.45) is 0 Å². The number of nitrogens with zero attached hydrogens (tertiary/aromatic N) is 2. The van der Waals surface area contributed by atoms with Crippen LogP contribution in [0.25, 0.3) is 22.4 Å². The zero-order valence-corrected chi connectivity index (χ0v) is 20.9. The number of carbonyl (C=O) groups excluding carboxylic acids is 2. The molecule has 1 aliphatic carbocycles. The van der Waals surface area contributed by atoms with Gasteiger partial charge in [0, 0.05) is 23.7 Å². The summed E-state index contributed by atoms with van der Waals surface area (Å²) in [6.45, 7) is 9.16. The average molecular weight is 480 g/mol. The highest BCUT2D eigenvalue weighted by Gasteiger charge is 2.29. The smallest absolute Gasteiger partial charge is 0.408 e. The van der Waals surface area contributed by atoms with Crippen molar-refractivity contribution in [1.82, 2.24) is 20.3 Å². The number of aryl methyl sites for hydroxylation is 2. The van der Waals surface area contributed by atoms with Crippen molar-refractivity contribution < 1.29 is 19.1 Å². The van der Waals surface area contributed by atoms with E-state index in [1.807, 2.05) is 37.3 Å². The highest BCUT2D eigenvalue weighted by atomic mass is 16.6. The third kappa shape index (κ3) is 6.09. The lowest BCUT2D eigenvalue weighted by atomic mass is 10.1. The van der Waals surface area contributed by atoms with E-state index in [4.69, 9.17) is 19.4 Å². The van der Waals surface area contributed by atoms with Gasteiger partial charge in [0.15, 0.2) is 5.82 Å². The zero-order valence-electron chi connectivity index (χ0n) is 20.9. The topological polar surface area (TPSA) is 118 Å². The van der Waals surface area contributed by atoms with E-state index in [2.05, 4.69) is 22.5 Å². The van der Waals surface area contributed by atoms with E-state index in [0.717, 1.165) is 46.5 Å². The molecule has 3 aromatic rings. The van der Waals surface area contributed by atoms with Gasteiger partial charge in [0.05, 0.1) is 5.39 Å². The number of nitrogens with one attached hydrogen (secondary N) is 3. The lowest BCUT2D eigenvalue weighted by Crippen LogP contribution is -2.36. The molecule has 9 nitrogen and oxygen atoms in total. The van der Waals surface area contributed by atoms with Gasteiger partial charge < -0.3 is 25.1 Å². The van der Waals surface area contributed by atoms with Crippen LogP contribution in [0.2, 0.25) is 0 Å². The molecule has 0 bridgehead atoms. The van der Waals surface area contributed by atoms with E-state index in [9.17, 15) is 9.59 Å². The maximum atomic E-state index is 12.2. The number of anilines is 1. The highest BCUT2D eigenvalue weighted by Crippen LogP contribution is 2.32. The largest absolute Gasteiger partial charge is 0.461 e. The highest BCUT2D eigenvalue weighted by molar-refractivity contribution is 5.93. The zero-order chi connectivity index (χ0) is 25.2. The van der Waals surface area contributed by atoms with Crippen LogP contribution < -0.4 is 10.6 Å². The van der Waals surface area contributed by atoms with Crippen LogP contribution in [0.15, 0.2) is 30.3 Å². The first kappa shape index (κ1) is 24.5. The Hall–Kier alpha value is -3.62. The van der Waals surface area contributed by atoms with Crippen molar-refractivity contribution in [2.75, 3.05) is 11.9 Å². The minimum Gasteiger partial charge on any atom is -0.461 e. The Morgan fingerprint density at radius 2 is 1.86 bits per heavy atom. The van der Waals surface area contributed by atoms with E-state index in [1.165, 1.54) is 0 Å². The number of ether oxygens (including phenoxy) is 2. The molecule has 186 valence electrons. The standard InChI is InChI=1S/C26H33N5O4/c1-15-16(2)28-23-21(15)24(31-22(30-23)17-9-7-6-8-10-17)29-18-11-12-19(13-18)34-20(32)14-27-25(33)35-26(3,4)5/h6-10,18-19H,11-14H2,1-5H3,(H,27,33)(H2,28,29,30,31)/t18-,19+/m0/s1. The van der Waals surface area contributed by atoms with Crippen molar-refractivity contribution in [3.63, 3.8) is 0 Å². The van der Waals surface area contributed by atoms with Crippen molar-refractivity contribution in [2.45, 2.75) is 71.6 Å². The maximum absolute atomic E-state index is 12.2. The lowest BCUT2D eigenvalue weighted by Gasteiger charge is -2.20. The number of hydrogen-bond acceptors (Lipinski definition) is 7. The molecule has 1 fully saturated rings. The van der Waals surface area contributed by atoms with Crippen LogP contribution in [-0.4, -0.2) is 51.3 Å². The van der Waals surface area contributed by atoms with Crippen molar-refractivity contribution in [3.8, 4) is 11.4 Å². The second-order valence-electron chi connectivity index (χ2n) is 9.98. The first-order valence-electron chi connectivity index (χ1n) is 11.9. The quantitative estimate of drug-likeness (QED) is 0.441. The molecular weight excluding hydrogens is 446 g/mol. The Bertz CT molecular complexity index is 1220. The summed E-state index contributed by atoms with van der Waals surface area (Å²) in [5, 5.41) is 6.99. The molecule has 1 amide bonds. The van der Waals surface area contributed by atoms with E-state index in [0.29, 0.717) is 12.2 Å². The number of aromatic amines is 1. The molecule has 0 aliphatic heterocycles. The molecule has 2 atom stereocenters. The Morgan fingerprint density at radius 1 is 1.11 bits per heavy atom. The van der Waals surface area contributed by atoms with Crippen molar-refractivity contribution in [3.05, 3.63) is 41.6 Å². The van der Waals surface area contributed by atoms with Gasteiger partial charge in [0.25, 0.3) is 0 Å². The van der Waals surface area contributed by atoms with Crippen molar-refractivity contribution in [1.29, 1.82) is 0 Å². The van der Waals surface area contributed by atoms with Gasteiger partial charge in [-0.05, 0) is 53.0 Å². The average Bonchev–Trinajstić information content (AvgIpc) is 3.35. The van der Waals surface area contributed by atoms with E-state index in [1.54, 1.807) is 20.8 Å². The number of fused-ring (bicyclic) bond motifs is 1. The molecular formula is C26H33N5O4. The number of esters is 1. The van der Waals surface area contributed by atoms with Gasteiger partial charge in [-0.2, -0.15) is 0 Å². The Labute approximate surface area is 205 Å². The van der Waals surface area contributed by atoms with E-state index in [-0.39, 0.29) is 18.7 Å². The van der Waals surface area contributed by atoms with Crippen LogP contribution >= 0.6 is 0 Å². The molecule has 2 aromatic heterocycles. The van der Waals surface area contributed by atoms with Crippen LogP contribution in [0.1, 0.15) is 51.3 Å². The molecule has 3 N–H and O–H groups in total. The Balaban J connectivity index is 1.41. The molecule has 0 saturated heterocycles. The summed E-state index contributed by atoms with van der Waals surface area (Å²) >= 11 is 0. The minimum atomic E-state index is -0.639. The van der Waals surface area contributed by atoms with E-state index < -0.39 is 17.7 Å². The number of alkyl carbamates (subject to hydrolysis) is 1. The molecule has 0 spiro atoms. The van der Waals surface area contributed by atoms with Gasteiger partial charge in [-0.15, -0.1) is 0 Å². The summed E-state index contributed by atoms with van der Waals surface area (Å²) in [6.07, 6.45) is 1.37. The molecule has 0 radical (unpaired) electrons. The lowest BCUT2D eigenvalue weighted by molar-refractivity contribution is -0.147. The fourth-order valence-corrected chi connectivity index (χ4v) is 4.24. The van der Waals surface area contributed by atoms with Crippen LogP contribution in [0.3, 0.4) is 0 Å². The third-order valence-electron chi connectivity index (χ3n) is 5.98. The number of amides is 1. The van der Waals surface area contributed by atoms with Crippen LogP contribution in [0, 0.1) is 13.8 Å². The van der Waals surface area contributed by atoms with Crippen LogP contribution in [0.5, 0.6) is 0 Å². The molecule has 4 rings (SSSR count). The van der Waals surface area contributed by atoms with Gasteiger partial charge in [0.2, 0.25) is 0 Å². The van der Waals surface area contributed by atoms with Crippen LogP contribution in [-0.2, 0) is 14.3 Å². The van der Waals surface area contributed by atoms with Crippen LogP contribution in [0.4, 0.5) is 10.6 Å². The Kier molecular flexibility index (Phi) is 6.95.